The van der Waals surface area contributed by atoms with Crippen LogP contribution >= 0.6 is 26.8 Å². The number of rotatable bonds is 5. The summed E-state index contributed by atoms with van der Waals surface area (Å²) in [6, 6.07) is 51.5. The van der Waals surface area contributed by atoms with Crippen LogP contribution in [-0.4, -0.2) is 11.2 Å². The molecule has 0 aliphatic heterocycles. The lowest BCUT2D eigenvalue weighted by Crippen LogP contribution is -1.99. The number of aromatic nitrogens is 1. The molecule has 41 heavy (non-hydrogen) atoms. The van der Waals surface area contributed by atoms with Crippen LogP contribution in [0.1, 0.15) is 0 Å². The summed E-state index contributed by atoms with van der Waals surface area (Å²) in [4.78, 5) is -2.39. The fraction of sp³-hybridized carbons (Fsp3) is 0.0270. The molecule has 0 spiro atoms. The molecular formula is C37H27INOP. The average Bonchev–Trinajstić information content (AvgIpc) is 3.34. The third-order valence-electron chi connectivity index (χ3n) is 7.75. The Hall–Kier alpha value is -3.92. The van der Waals surface area contributed by atoms with E-state index in [2.05, 4.69) is 154 Å². The van der Waals surface area contributed by atoms with Crippen molar-refractivity contribution in [1.29, 1.82) is 0 Å². The second-order valence-corrected chi connectivity index (χ2v) is 18.1. The number of hydrogen-bond donors (Lipinski definition) is 0. The molecule has 0 saturated carbocycles. The Bertz CT molecular complexity index is 2070. The van der Waals surface area contributed by atoms with Crippen LogP contribution in [0.3, 0.4) is 0 Å². The highest BCUT2D eigenvalue weighted by molar-refractivity contribution is 14.2. The highest BCUT2D eigenvalue weighted by Crippen LogP contribution is 2.49. The third kappa shape index (κ3) is 4.94. The van der Waals surface area contributed by atoms with Crippen LogP contribution in [0.5, 0.6) is 0 Å². The average molecular weight is 660 g/mol. The number of fused-ring (bicyclic) bond motifs is 3. The predicted octanol–water partition coefficient (Wildman–Crippen LogP) is 10.8. The van der Waals surface area contributed by atoms with Gasteiger partial charge in [-0.2, -0.15) is 0 Å². The standard InChI is InChI=1S/C37H27INOP/c1-41(38,40)33-14-8-13-29(23-33)31-18-22-37-35(25-31)34-24-30(27-11-6-3-7-12-27)17-21-36(34)39(37)32-19-15-28(16-20-32)26-9-4-2-5-10-26/h2-25H,1H3. The molecule has 1 atom stereocenters. The molecule has 1 heterocycles. The van der Waals surface area contributed by atoms with Gasteiger partial charge >= 0.3 is 0 Å². The van der Waals surface area contributed by atoms with Crippen molar-refractivity contribution < 1.29 is 4.57 Å². The predicted molar refractivity (Wildman–Crippen MR) is 184 cm³/mol. The Labute approximate surface area is 253 Å². The third-order valence-corrected chi connectivity index (χ3v) is 10.6. The maximum Gasteiger partial charge on any atom is 0.168 e. The fourth-order valence-corrected chi connectivity index (χ4v) is 7.28. The van der Waals surface area contributed by atoms with Gasteiger partial charge in [0.2, 0.25) is 0 Å². The van der Waals surface area contributed by atoms with Gasteiger partial charge in [0.05, 0.1) is 11.0 Å². The summed E-state index contributed by atoms with van der Waals surface area (Å²) >= 11 is 2.08. The molecule has 0 aliphatic carbocycles. The molecule has 1 unspecified atom stereocenters. The van der Waals surface area contributed by atoms with Gasteiger partial charge in [0, 0.05) is 28.4 Å². The van der Waals surface area contributed by atoms with Gasteiger partial charge in [0.25, 0.3) is 0 Å². The Balaban J connectivity index is 1.44. The molecule has 0 fully saturated rings. The molecule has 0 bridgehead atoms. The van der Waals surface area contributed by atoms with Crippen molar-refractivity contribution in [3.63, 3.8) is 0 Å². The number of benzene rings is 6. The summed E-state index contributed by atoms with van der Waals surface area (Å²) in [5, 5.41) is 3.30. The molecule has 0 amide bonds. The van der Waals surface area contributed by atoms with E-state index < -0.39 is 4.78 Å². The van der Waals surface area contributed by atoms with Crippen molar-refractivity contribution in [2.24, 2.45) is 0 Å². The van der Waals surface area contributed by atoms with Gasteiger partial charge in [0.1, 0.15) is 0 Å². The lowest BCUT2D eigenvalue weighted by molar-refractivity contribution is 0.595. The minimum Gasteiger partial charge on any atom is -0.309 e. The first-order valence-electron chi connectivity index (χ1n) is 13.6. The highest BCUT2D eigenvalue weighted by Gasteiger charge is 2.17. The molecule has 7 aromatic rings. The molecular weight excluding hydrogens is 632 g/mol. The minimum atomic E-state index is -2.39. The Morgan fingerprint density at radius 1 is 0.488 bits per heavy atom. The Morgan fingerprint density at radius 2 is 0.927 bits per heavy atom. The van der Waals surface area contributed by atoms with Crippen molar-refractivity contribution in [1.82, 2.24) is 4.57 Å². The first kappa shape index (κ1) is 26.0. The van der Waals surface area contributed by atoms with Gasteiger partial charge in [-0.1, -0.05) is 103 Å². The van der Waals surface area contributed by atoms with Gasteiger partial charge in [-0.3, -0.25) is 0 Å². The monoisotopic (exact) mass is 659 g/mol. The van der Waals surface area contributed by atoms with E-state index in [1.807, 2.05) is 24.9 Å². The van der Waals surface area contributed by atoms with Gasteiger partial charge in [-0.25, -0.2) is 0 Å². The fourth-order valence-electron chi connectivity index (χ4n) is 5.66. The minimum absolute atomic E-state index is 0.892. The van der Waals surface area contributed by atoms with Crippen molar-refractivity contribution in [3.05, 3.63) is 146 Å². The summed E-state index contributed by atoms with van der Waals surface area (Å²) in [6.45, 7) is 1.82. The van der Waals surface area contributed by atoms with Crippen LogP contribution in [0.4, 0.5) is 0 Å². The van der Waals surface area contributed by atoms with Gasteiger partial charge in [0.15, 0.2) is 4.78 Å². The second-order valence-electron chi connectivity index (χ2n) is 10.4. The molecule has 6 aromatic carbocycles. The Morgan fingerprint density at radius 3 is 1.49 bits per heavy atom. The summed E-state index contributed by atoms with van der Waals surface area (Å²) < 4.78 is 15.2. The van der Waals surface area contributed by atoms with Crippen LogP contribution in [0.2, 0.25) is 0 Å². The quantitative estimate of drug-likeness (QED) is 0.133. The van der Waals surface area contributed by atoms with E-state index in [4.69, 9.17) is 0 Å². The maximum atomic E-state index is 12.8. The smallest absolute Gasteiger partial charge is 0.168 e. The zero-order valence-electron chi connectivity index (χ0n) is 22.5. The van der Waals surface area contributed by atoms with Crippen LogP contribution in [0.25, 0.3) is 60.9 Å². The molecule has 1 aromatic heterocycles. The molecule has 4 heteroatoms. The molecule has 0 N–H and O–H groups in total. The van der Waals surface area contributed by atoms with E-state index in [1.54, 1.807) is 0 Å². The van der Waals surface area contributed by atoms with Gasteiger partial charge in [-0.15, -0.1) is 0 Å². The van der Waals surface area contributed by atoms with Crippen LogP contribution in [0, 0.1) is 0 Å². The second kappa shape index (κ2) is 10.5. The summed E-state index contributed by atoms with van der Waals surface area (Å²) in [7, 11) is 0. The van der Waals surface area contributed by atoms with Crippen molar-refractivity contribution in [3.8, 4) is 39.1 Å². The molecule has 0 saturated heterocycles. The summed E-state index contributed by atoms with van der Waals surface area (Å²) in [5.41, 5.74) is 10.5. The lowest BCUT2D eigenvalue weighted by Gasteiger charge is -2.11. The number of nitrogens with zero attached hydrogens (tertiary/aromatic N) is 1. The lowest BCUT2D eigenvalue weighted by atomic mass is 10.0. The molecule has 198 valence electrons. The topological polar surface area (TPSA) is 22.0 Å². The number of halogens is 1. The normalized spacial score (nSPS) is 12.9. The molecule has 7 rings (SSSR count). The van der Waals surface area contributed by atoms with Crippen molar-refractivity contribution in [2.75, 3.05) is 6.66 Å². The maximum absolute atomic E-state index is 12.8. The van der Waals surface area contributed by atoms with Crippen LogP contribution in [-0.2, 0) is 4.57 Å². The first-order chi connectivity index (χ1) is 20.0. The van der Waals surface area contributed by atoms with Gasteiger partial charge in [-0.05, 0) is 97.9 Å². The first-order valence-corrected chi connectivity index (χ1v) is 18.6. The van der Waals surface area contributed by atoms with E-state index >= 15 is 0 Å². The van der Waals surface area contributed by atoms with E-state index in [0.29, 0.717) is 0 Å². The zero-order chi connectivity index (χ0) is 28.0. The van der Waals surface area contributed by atoms with Crippen molar-refractivity contribution >= 4 is 53.9 Å². The highest BCUT2D eigenvalue weighted by atomic mass is 127. The molecule has 0 radical (unpaired) electrons. The van der Waals surface area contributed by atoms with Gasteiger partial charge < -0.3 is 9.13 Å². The van der Waals surface area contributed by atoms with Crippen LogP contribution < -0.4 is 5.30 Å². The SMILES string of the molecule is CP(=O)(I)c1cccc(-c2ccc3c(c2)c2cc(-c4ccccc4)ccc2n3-c2ccc(-c3ccccc3)cc2)c1. The number of hydrogen-bond acceptors (Lipinski definition) is 1. The largest absolute Gasteiger partial charge is 0.309 e. The molecule has 0 aliphatic rings. The van der Waals surface area contributed by atoms with E-state index in [1.165, 1.54) is 38.5 Å². The van der Waals surface area contributed by atoms with E-state index in [9.17, 15) is 4.57 Å². The summed E-state index contributed by atoms with van der Waals surface area (Å²) in [5.74, 6) is 0. The summed E-state index contributed by atoms with van der Waals surface area (Å²) in [6.07, 6.45) is 0. The van der Waals surface area contributed by atoms with Crippen LogP contribution in [0.15, 0.2) is 146 Å². The van der Waals surface area contributed by atoms with Crippen molar-refractivity contribution in [2.45, 2.75) is 0 Å². The van der Waals surface area contributed by atoms with E-state index in [-0.39, 0.29) is 0 Å². The molecule has 2 nitrogen and oxygen atoms in total. The Kier molecular flexibility index (Phi) is 6.65. The van der Waals surface area contributed by atoms with E-state index in [0.717, 1.165) is 27.6 Å². The zero-order valence-corrected chi connectivity index (χ0v) is 25.6.